The van der Waals surface area contributed by atoms with Crippen LogP contribution in [0.1, 0.15) is 59.6 Å². The third-order valence-corrected chi connectivity index (χ3v) is 12.2. The third kappa shape index (κ3) is 5.08. The maximum Gasteiger partial charge on any atom is 0.134 e. The summed E-state index contributed by atoms with van der Waals surface area (Å²) in [7, 11) is 0. The van der Waals surface area contributed by atoms with E-state index in [0.717, 1.165) is 41.4 Å². The van der Waals surface area contributed by atoms with Gasteiger partial charge in [-0.25, -0.2) is 0 Å². The Balaban J connectivity index is 1.17. The van der Waals surface area contributed by atoms with Gasteiger partial charge in [-0.3, -0.25) is 0 Å². The minimum atomic E-state index is -0.375. The second-order valence-electron chi connectivity index (χ2n) is 15.7. The molecule has 2 nitrogen and oxygen atoms in total. The van der Waals surface area contributed by atoms with E-state index < -0.39 is 0 Å². The molecule has 2 heteroatoms. The van der Waals surface area contributed by atoms with Gasteiger partial charge in [-0.1, -0.05) is 160 Å². The Hall–Kier alpha value is -6.12. The van der Waals surface area contributed by atoms with Crippen LogP contribution in [0.3, 0.4) is 0 Å². The second kappa shape index (κ2) is 12.8. The van der Waals surface area contributed by atoms with Gasteiger partial charge in [0.1, 0.15) is 11.5 Å². The summed E-state index contributed by atoms with van der Waals surface area (Å²) in [4.78, 5) is 2.41. The van der Waals surface area contributed by atoms with Crippen molar-refractivity contribution in [2.24, 2.45) is 5.92 Å². The molecule has 0 bridgehead atoms. The molecule has 1 aliphatic heterocycles. The Morgan fingerprint density at radius 3 is 2.07 bits per heavy atom. The molecule has 4 aliphatic rings. The predicted molar refractivity (Wildman–Crippen MR) is 224 cm³/mol. The van der Waals surface area contributed by atoms with E-state index in [9.17, 15) is 0 Å². The Morgan fingerprint density at radius 2 is 1.20 bits per heavy atom. The third-order valence-electron chi connectivity index (χ3n) is 12.2. The van der Waals surface area contributed by atoms with Crippen LogP contribution in [0.15, 0.2) is 188 Å². The van der Waals surface area contributed by atoms with Crippen molar-refractivity contribution in [2.45, 2.75) is 43.4 Å². The molecule has 0 fully saturated rings. The van der Waals surface area contributed by atoms with Crippen molar-refractivity contribution in [1.29, 1.82) is 0 Å². The first kappa shape index (κ1) is 32.5. The first-order valence-corrected chi connectivity index (χ1v) is 19.3. The number of rotatable bonds is 4. The number of ether oxygens (including phenoxy) is 1. The Labute approximate surface area is 319 Å². The Bertz CT molecular complexity index is 2520. The second-order valence-corrected chi connectivity index (χ2v) is 15.7. The number of para-hydroxylation sites is 1. The van der Waals surface area contributed by atoms with Gasteiger partial charge in [0, 0.05) is 46.1 Å². The molecule has 3 aliphatic carbocycles. The van der Waals surface area contributed by atoms with Crippen LogP contribution in [-0.2, 0) is 17.3 Å². The molecule has 1 spiro atoms. The van der Waals surface area contributed by atoms with Crippen molar-refractivity contribution in [2.75, 3.05) is 4.90 Å². The largest absolute Gasteiger partial charge is 0.457 e. The average molecular weight is 698 g/mol. The topological polar surface area (TPSA) is 12.5 Å². The first-order valence-electron chi connectivity index (χ1n) is 19.3. The van der Waals surface area contributed by atoms with Crippen molar-refractivity contribution in [1.82, 2.24) is 0 Å². The van der Waals surface area contributed by atoms with Gasteiger partial charge in [-0.15, -0.1) is 0 Å². The maximum atomic E-state index is 6.98. The van der Waals surface area contributed by atoms with Gasteiger partial charge in [-0.2, -0.15) is 0 Å². The molecule has 0 aromatic heterocycles. The Kier molecular flexibility index (Phi) is 7.70. The molecule has 3 atom stereocenters. The van der Waals surface area contributed by atoms with Crippen LogP contribution in [-0.4, -0.2) is 0 Å². The minimum absolute atomic E-state index is 0.0277. The standard InChI is InChI=1S/C52H43NO/c1-51(2)33-15-4-3-6-18-38-27-30-40(34-48(38)51)53(39-28-25-37(26-29-39)36-16-7-5-8-17-36)41-31-32-47-50(35-41)54-49-24-14-13-23-46(49)52(47)44-21-11-9-19-42(44)43-20-10-12-22-45(43)52/h3-17,19-32,34-35,42,44H,18,33H2,1-2H3/b6-3-,15-4-. The lowest BCUT2D eigenvalue weighted by molar-refractivity contribution is 0.374. The highest BCUT2D eigenvalue weighted by Crippen LogP contribution is 2.65. The summed E-state index contributed by atoms with van der Waals surface area (Å²) in [6.07, 6.45) is 20.1. The summed E-state index contributed by atoms with van der Waals surface area (Å²) < 4.78 is 6.98. The summed E-state index contributed by atoms with van der Waals surface area (Å²) in [5.41, 5.74) is 13.3. The lowest BCUT2D eigenvalue weighted by Gasteiger charge is -2.43. The normalized spacial score (nSPS) is 22.3. The van der Waals surface area contributed by atoms with Crippen LogP contribution in [0.5, 0.6) is 11.5 Å². The van der Waals surface area contributed by atoms with Gasteiger partial charge in [0.25, 0.3) is 0 Å². The van der Waals surface area contributed by atoms with E-state index in [0.29, 0.717) is 5.92 Å². The lowest BCUT2D eigenvalue weighted by Crippen LogP contribution is -2.37. The smallest absolute Gasteiger partial charge is 0.134 e. The predicted octanol–water partition coefficient (Wildman–Crippen LogP) is 13.4. The van der Waals surface area contributed by atoms with E-state index in [1.165, 1.54) is 44.5 Å². The van der Waals surface area contributed by atoms with Gasteiger partial charge in [0.15, 0.2) is 0 Å². The molecular weight excluding hydrogens is 655 g/mol. The van der Waals surface area contributed by atoms with Crippen molar-refractivity contribution in [3.8, 4) is 22.6 Å². The van der Waals surface area contributed by atoms with Gasteiger partial charge in [0.2, 0.25) is 0 Å². The van der Waals surface area contributed by atoms with Crippen LogP contribution >= 0.6 is 0 Å². The fourth-order valence-electron chi connectivity index (χ4n) is 9.72. The fourth-order valence-corrected chi connectivity index (χ4v) is 9.72. The molecule has 3 unspecified atom stereocenters. The zero-order valence-corrected chi connectivity index (χ0v) is 30.8. The van der Waals surface area contributed by atoms with E-state index >= 15 is 0 Å². The number of hydrogen-bond donors (Lipinski definition) is 0. The number of nitrogens with zero attached hydrogens (tertiary/aromatic N) is 1. The summed E-state index contributed by atoms with van der Waals surface area (Å²) in [6.45, 7) is 4.74. The minimum Gasteiger partial charge on any atom is -0.457 e. The van der Waals surface area contributed by atoms with Crippen LogP contribution < -0.4 is 9.64 Å². The van der Waals surface area contributed by atoms with Gasteiger partial charge >= 0.3 is 0 Å². The monoisotopic (exact) mass is 697 g/mol. The summed E-state index contributed by atoms with van der Waals surface area (Å²) in [5, 5.41) is 0. The van der Waals surface area contributed by atoms with E-state index in [2.05, 4.69) is 207 Å². The van der Waals surface area contributed by atoms with Crippen molar-refractivity contribution in [3.05, 3.63) is 222 Å². The molecule has 6 aromatic carbocycles. The fraction of sp³-hybridized carbons (Fsp3) is 0.154. The highest BCUT2D eigenvalue weighted by molar-refractivity contribution is 5.81. The SMILES string of the molecule is CC1(C)C/C=C\C=C/Cc2ccc(N(c3ccc(-c4ccccc4)cc3)c3ccc4c(c3)Oc3ccccc3C43c4ccccc4C4C=CC=CC43)cc21. The highest BCUT2D eigenvalue weighted by Gasteiger charge is 2.56. The summed E-state index contributed by atoms with van der Waals surface area (Å²) in [6, 6.07) is 51.4. The van der Waals surface area contributed by atoms with Crippen LogP contribution in [0.2, 0.25) is 0 Å². The molecule has 6 aromatic rings. The molecule has 0 saturated heterocycles. The number of anilines is 3. The van der Waals surface area contributed by atoms with Crippen LogP contribution in [0.25, 0.3) is 11.1 Å². The van der Waals surface area contributed by atoms with Gasteiger partial charge < -0.3 is 9.64 Å². The zero-order valence-electron chi connectivity index (χ0n) is 30.8. The Morgan fingerprint density at radius 1 is 0.537 bits per heavy atom. The molecule has 54 heavy (non-hydrogen) atoms. The highest BCUT2D eigenvalue weighted by atomic mass is 16.5. The number of hydrogen-bond acceptors (Lipinski definition) is 2. The quantitative estimate of drug-likeness (QED) is 0.182. The number of benzene rings is 6. The lowest BCUT2D eigenvalue weighted by atomic mass is 9.62. The van der Waals surface area contributed by atoms with Gasteiger partial charge in [-0.05, 0) is 88.0 Å². The van der Waals surface area contributed by atoms with E-state index in [-0.39, 0.29) is 16.7 Å². The molecule has 262 valence electrons. The molecule has 1 heterocycles. The number of fused-ring (bicyclic) bond motifs is 10. The molecule has 0 saturated carbocycles. The zero-order chi connectivity index (χ0) is 36.3. The van der Waals surface area contributed by atoms with E-state index in [1.807, 2.05) is 0 Å². The summed E-state index contributed by atoms with van der Waals surface area (Å²) >= 11 is 0. The van der Waals surface area contributed by atoms with Gasteiger partial charge in [0.05, 0.1) is 5.41 Å². The van der Waals surface area contributed by atoms with Crippen LogP contribution in [0, 0.1) is 5.92 Å². The summed E-state index contributed by atoms with van der Waals surface area (Å²) in [5.74, 6) is 2.37. The molecule has 0 radical (unpaired) electrons. The van der Waals surface area contributed by atoms with E-state index in [4.69, 9.17) is 4.74 Å². The van der Waals surface area contributed by atoms with Crippen molar-refractivity contribution in [3.63, 3.8) is 0 Å². The van der Waals surface area contributed by atoms with Crippen molar-refractivity contribution >= 4 is 17.1 Å². The van der Waals surface area contributed by atoms with Crippen molar-refractivity contribution < 1.29 is 4.74 Å². The first-order chi connectivity index (χ1) is 26.5. The van der Waals surface area contributed by atoms with Crippen LogP contribution in [0.4, 0.5) is 17.1 Å². The van der Waals surface area contributed by atoms with E-state index in [1.54, 1.807) is 0 Å². The molecule has 0 amide bonds. The molecule has 10 rings (SSSR count). The molecular formula is C52H43NO. The number of allylic oxidation sites excluding steroid dienone is 8. The maximum absolute atomic E-state index is 6.98. The average Bonchev–Trinajstić information content (AvgIpc) is 3.53. The molecule has 0 N–H and O–H groups in total.